The van der Waals surface area contributed by atoms with Crippen LogP contribution in [0.15, 0.2) is 76.6 Å². The molecule has 0 aliphatic rings. The van der Waals surface area contributed by atoms with E-state index < -0.39 is 0 Å². The highest BCUT2D eigenvalue weighted by Gasteiger charge is 2.27. The van der Waals surface area contributed by atoms with Gasteiger partial charge in [0.2, 0.25) is 5.78 Å². The topological polar surface area (TPSA) is 43.1 Å². The van der Waals surface area contributed by atoms with Crippen LogP contribution in [-0.4, -0.2) is 10.9 Å². The van der Waals surface area contributed by atoms with E-state index in [1.54, 1.807) is 0 Å². The van der Waals surface area contributed by atoms with Gasteiger partial charge in [-0.15, -0.1) is 11.3 Å². The van der Waals surface area contributed by atoms with Gasteiger partial charge in [0, 0.05) is 12.0 Å². The smallest absolute Gasteiger partial charge is 0.208 e. The molecule has 0 N–H and O–H groups in total. The largest absolute Gasteiger partial charge is 0.360 e. The van der Waals surface area contributed by atoms with E-state index in [-0.39, 0.29) is 5.78 Å². The van der Waals surface area contributed by atoms with Crippen molar-refractivity contribution < 1.29 is 9.32 Å². The van der Waals surface area contributed by atoms with Crippen LogP contribution in [0.5, 0.6) is 0 Å². The van der Waals surface area contributed by atoms with Crippen LogP contribution in [-0.2, 0) is 6.42 Å². The maximum absolute atomic E-state index is 13.5. The first-order valence-electron chi connectivity index (χ1n) is 10.3. The summed E-state index contributed by atoms with van der Waals surface area (Å²) in [6, 6.07) is 22.5. The summed E-state index contributed by atoms with van der Waals surface area (Å²) >= 11 is 1.45. The summed E-state index contributed by atoms with van der Waals surface area (Å²) < 4.78 is 5.80. The number of unbranched alkanes of at least 4 members (excludes halogenated alkanes) is 1. The second-order valence-corrected chi connectivity index (χ2v) is 8.38. The number of aryl methyl sites for hydroxylation is 1. The van der Waals surface area contributed by atoms with Crippen LogP contribution in [0.1, 0.15) is 40.8 Å². The molecule has 0 aliphatic carbocycles. The van der Waals surface area contributed by atoms with E-state index in [1.165, 1.54) is 11.3 Å². The number of ketones is 1. The molecular formula is C26H21NO2S. The summed E-state index contributed by atoms with van der Waals surface area (Å²) in [7, 11) is 0. The van der Waals surface area contributed by atoms with Gasteiger partial charge in [0.15, 0.2) is 0 Å². The summed E-state index contributed by atoms with van der Waals surface area (Å²) in [5.41, 5.74) is 2.22. The summed E-state index contributed by atoms with van der Waals surface area (Å²) in [5.74, 6) is 0.673. The normalized spacial score (nSPS) is 11.4. The second-order valence-electron chi connectivity index (χ2n) is 7.43. The Morgan fingerprint density at radius 3 is 2.30 bits per heavy atom. The van der Waals surface area contributed by atoms with Crippen molar-refractivity contribution >= 4 is 38.7 Å². The lowest BCUT2D eigenvalue weighted by molar-refractivity contribution is 0.104. The quantitative estimate of drug-likeness (QED) is 0.218. The molecule has 148 valence electrons. The van der Waals surface area contributed by atoms with E-state index in [2.05, 4.69) is 42.4 Å². The van der Waals surface area contributed by atoms with E-state index in [1.807, 2.05) is 41.8 Å². The monoisotopic (exact) mass is 411 g/mol. The highest BCUT2D eigenvalue weighted by atomic mass is 32.1. The molecule has 3 nitrogen and oxygen atoms in total. The third-order valence-corrected chi connectivity index (χ3v) is 6.37. The minimum Gasteiger partial charge on any atom is -0.360 e. The zero-order valence-electron chi connectivity index (χ0n) is 16.7. The molecule has 5 rings (SSSR count). The minimum absolute atomic E-state index is 0.00984. The van der Waals surface area contributed by atoms with Gasteiger partial charge in [-0.3, -0.25) is 4.79 Å². The van der Waals surface area contributed by atoms with Crippen LogP contribution in [0, 0.1) is 0 Å². The van der Waals surface area contributed by atoms with Gasteiger partial charge >= 0.3 is 0 Å². The van der Waals surface area contributed by atoms with Gasteiger partial charge in [0.05, 0.1) is 10.4 Å². The number of carbonyl (C=O) groups excluding carboxylic acids is 1. The van der Waals surface area contributed by atoms with E-state index in [0.717, 1.165) is 39.9 Å². The first-order valence-corrected chi connectivity index (χ1v) is 11.1. The maximum atomic E-state index is 13.5. The molecule has 0 atom stereocenters. The molecule has 0 saturated heterocycles. The van der Waals surface area contributed by atoms with Crippen molar-refractivity contribution in [2.24, 2.45) is 0 Å². The number of hydrogen-bond donors (Lipinski definition) is 0. The van der Waals surface area contributed by atoms with Gasteiger partial charge in [0.25, 0.3) is 0 Å². The SMILES string of the molecule is CCCCc1onc(-c2c3ccccc3cc3ccccc23)c1C(=O)c1cccs1. The van der Waals surface area contributed by atoms with Crippen LogP contribution in [0.2, 0.25) is 0 Å². The summed E-state index contributed by atoms with van der Waals surface area (Å²) in [6.45, 7) is 2.14. The van der Waals surface area contributed by atoms with Crippen LogP contribution < -0.4 is 0 Å². The molecule has 0 bridgehead atoms. The van der Waals surface area contributed by atoms with E-state index >= 15 is 0 Å². The third-order valence-electron chi connectivity index (χ3n) is 5.50. The van der Waals surface area contributed by atoms with Crippen molar-refractivity contribution in [3.05, 3.63) is 88.3 Å². The van der Waals surface area contributed by atoms with E-state index in [0.29, 0.717) is 28.3 Å². The second kappa shape index (κ2) is 7.88. The predicted octanol–water partition coefficient (Wildman–Crippen LogP) is 7.28. The number of benzene rings is 3. The maximum Gasteiger partial charge on any atom is 0.208 e. The summed E-state index contributed by atoms with van der Waals surface area (Å²) in [5, 5.41) is 10.8. The molecule has 2 heterocycles. The van der Waals surface area contributed by atoms with Crippen LogP contribution in [0.4, 0.5) is 0 Å². The predicted molar refractivity (Wildman–Crippen MR) is 123 cm³/mol. The van der Waals surface area contributed by atoms with Crippen molar-refractivity contribution in [1.82, 2.24) is 5.16 Å². The molecule has 0 unspecified atom stereocenters. The lowest BCUT2D eigenvalue weighted by Crippen LogP contribution is -2.04. The van der Waals surface area contributed by atoms with Crippen molar-refractivity contribution in [3.8, 4) is 11.3 Å². The summed E-state index contributed by atoms with van der Waals surface area (Å²) in [6.07, 6.45) is 2.69. The molecule has 3 aromatic carbocycles. The summed E-state index contributed by atoms with van der Waals surface area (Å²) in [4.78, 5) is 14.2. The van der Waals surface area contributed by atoms with Crippen molar-refractivity contribution in [1.29, 1.82) is 0 Å². The number of nitrogens with zero attached hydrogens (tertiary/aromatic N) is 1. The van der Waals surface area contributed by atoms with Crippen LogP contribution in [0.25, 0.3) is 32.8 Å². The Bertz CT molecular complexity index is 1290. The third kappa shape index (κ3) is 3.14. The van der Waals surface area contributed by atoms with Crippen LogP contribution in [0.3, 0.4) is 0 Å². The molecule has 0 spiro atoms. The van der Waals surface area contributed by atoms with Gasteiger partial charge in [-0.2, -0.15) is 0 Å². The molecule has 0 aliphatic heterocycles. The highest BCUT2D eigenvalue weighted by molar-refractivity contribution is 7.12. The fourth-order valence-corrected chi connectivity index (χ4v) is 4.71. The first-order chi connectivity index (χ1) is 14.8. The van der Waals surface area contributed by atoms with Crippen LogP contribution >= 0.6 is 11.3 Å². The Balaban J connectivity index is 1.83. The number of rotatable bonds is 6. The van der Waals surface area contributed by atoms with Gasteiger partial charge in [-0.25, -0.2) is 0 Å². The van der Waals surface area contributed by atoms with E-state index in [9.17, 15) is 4.79 Å². The molecule has 0 radical (unpaired) electrons. The number of carbonyl (C=O) groups is 1. The fourth-order valence-electron chi connectivity index (χ4n) is 4.04. The van der Waals surface area contributed by atoms with Gasteiger partial charge in [-0.1, -0.05) is 73.1 Å². The fraction of sp³-hybridized carbons (Fsp3) is 0.154. The lowest BCUT2D eigenvalue weighted by Gasteiger charge is -2.11. The molecule has 0 fully saturated rings. The average Bonchev–Trinajstić information content (AvgIpc) is 3.46. The molecule has 2 aromatic heterocycles. The van der Waals surface area contributed by atoms with E-state index in [4.69, 9.17) is 4.52 Å². The zero-order valence-corrected chi connectivity index (χ0v) is 17.5. The molecule has 4 heteroatoms. The molecule has 30 heavy (non-hydrogen) atoms. The molecule has 0 saturated carbocycles. The Kier molecular flexibility index (Phi) is 4.93. The molecule has 5 aromatic rings. The zero-order chi connectivity index (χ0) is 20.5. The minimum atomic E-state index is -0.00984. The number of thiophene rings is 1. The van der Waals surface area contributed by atoms with Gasteiger partial charge < -0.3 is 4.52 Å². The Morgan fingerprint density at radius 1 is 0.967 bits per heavy atom. The van der Waals surface area contributed by atoms with Gasteiger partial charge in [-0.05, 0) is 45.5 Å². The Labute approximate surface area is 179 Å². The van der Waals surface area contributed by atoms with Crippen molar-refractivity contribution in [2.45, 2.75) is 26.2 Å². The number of aromatic nitrogens is 1. The molecule has 0 amide bonds. The first kappa shape index (κ1) is 18.8. The lowest BCUT2D eigenvalue weighted by atomic mass is 9.91. The highest BCUT2D eigenvalue weighted by Crippen LogP contribution is 2.39. The number of hydrogen-bond acceptors (Lipinski definition) is 4. The standard InChI is InChI=1S/C26H21NO2S/c1-2-3-13-21-24(26(28)22-14-8-15-30-22)25(27-29-21)23-19-11-6-4-9-17(19)16-18-10-5-7-12-20(18)23/h4-12,14-16H,2-3,13H2,1H3. The Hall–Kier alpha value is -3.24. The average molecular weight is 412 g/mol. The van der Waals surface area contributed by atoms with Crippen molar-refractivity contribution in [2.75, 3.05) is 0 Å². The molecular weight excluding hydrogens is 390 g/mol. The number of fused-ring (bicyclic) bond motifs is 2. The van der Waals surface area contributed by atoms with Crippen molar-refractivity contribution in [3.63, 3.8) is 0 Å². The Morgan fingerprint density at radius 2 is 1.67 bits per heavy atom. The van der Waals surface area contributed by atoms with Gasteiger partial charge in [0.1, 0.15) is 11.5 Å².